The summed E-state index contributed by atoms with van der Waals surface area (Å²) in [5.41, 5.74) is 0. The van der Waals surface area contributed by atoms with E-state index in [0.29, 0.717) is 5.88 Å². The molecule has 0 aliphatic heterocycles. The van der Waals surface area contributed by atoms with Gasteiger partial charge in [0.15, 0.2) is 0 Å². The van der Waals surface area contributed by atoms with Gasteiger partial charge in [-0.05, 0) is 27.6 Å². The molecule has 2 unspecified atom stereocenters. The first-order valence-electron chi connectivity index (χ1n) is 5.91. The highest BCUT2D eigenvalue weighted by molar-refractivity contribution is 7.90. The molecule has 0 aliphatic carbocycles. The normalized spacial score (nSPS) is 20.8. The molecule has 0 spiro atoms. The summed E-state index contributed by atoms with van der Waals surface area (Å²) in [5.74, 6) is 0.302. The van der Waals surface area contributed by atoms with Crippen molar-refractivity contribution in [3.8, 4) is 0 Å². The zero-order valence-electron chi connectivity index (χ0n) is 11.8. The van der Waals surface area contributed by atoms with E-state index >= 15 is 0 Å². The van der Waals surface area contributed by atoms with E-state index in [0.717, 1.165) is 0 Å². The number of rotatable bonds is 6. The molecule has 0 aliphatic rings. The van der Waals surface area contributed by atoms with E-state index in [2.05, 4.69) is 4.72 Å². The lowest BCUT2D eigenvalue weighted by Gasteiger charge is -2.26. The number of nitrogens with one attached hydrogen (secondary N) is 1. The van der Waals surface area contributed by atoms with E-state index in [1.165, 1.54) is 0 Å². The van der Waals surface area contributed by atoms with Gasteiger partial charge >= 0.3 is 0 Å². The summed E-state index contributed by atoms with van der Waals surface area (Å²) in [7, 11) is 0. The third-order valence-corrected chi connectivity index (χ3v) is 3.08. The number of hydrogen-bond acceptors (Lipinski definition) is 3. The van der Waals surface area contributed by atoms with Crippen LogP contribution in [0.25, 0.3) is 0 Å². The molecule has 5 heteroatoms. The maximum atomic E-state index is 11.8. The summed E-state index contributed by atoms with van der Waals surface area (Å²) in [4.78, 5) is 0. The van der Waals surface area contributed by atoms with Gasteiger partial charge in [-0.2, -0.15) is 0 Å². The lowest BCUT2D eigenvalue weighted by molar-refractivity contribution is 0.135. The minimum absolute atomic E-state index is 0.0367. The monoisotopic (exact) mass is 244 g/mol. The first-order valence-corrected chi connectivity index (χ1v) is 6.09. The molecule has 0 aromatic rings. The Balaban J connectivity index is 4.40. The van der Waals surface area contributed by atoms with Crippen molar-refractivity contribution in [3.63, 3.8) is 0 Å². The van der Waals surface area contributed by atoms with Crippen LogP contribution in [-0.4, -0.2) is 34.4 Å². The fraction of sp³-hybridized carbons (Fsp3) is 1.00. The molecule has 86 valence electrons. The molecule has 0 aromatic heterocycles. The van der Waals surface area contributed by atoms with E-state index in [4.69, 9.17) is 20.5 Å². The quantitative estimate of drug-likeness (QED) is 0.439. The summed E-state index contributed by atoms with van der Waals surface area (Å²) >= 11 is 3.99. The van der Waals surface area contributed by atoms with Crippen LogP contribution in [-0.2, 0) is 16.1 Å². The van der Waals surface area contributed by atoms with Gasteiger partial charge in [0.1, 0.15) is 4.75 Å². The number of hydrogen-bond donors (Lipinski definition) is 1. The van der Waals surface area contributed by atoms with Crippen LogP contribution in [0, 0.1) is 0 Å². The molecule has 1 N–H and O–H groups in total. The third-order valence-electron chi connectivity index (χ3n) is 1.31. The molecule has 0 fully saturated rings. The fourth-order valence-electron chi connectivity index (χ4n) is 0.596. The minimum atomic E-state index is -2.26. The first kappa shape index (κ1) is 9.73. The van der Waals surface area contributed by atoms with Gasteiger partial charge in [-0.25, -0.2) is 0 Å². The molecule has 14 heavy (non-hydrogen) atoms. The summed E-state index contributed by atoms with van der Waals surface area (Å²) < 4.78 is 41.0. The number of ether oxygens (including phenoxy) is 1. The molecule has 0 saturated carbocycles. The van der Waals surface area contributed by atoms with Crippen LogP contribution >= 0.6 is 11.6 Å². The zero-order valence-corrected chi connectivity index (χ0v) is 10.4. The molecule has 2 atom stereocenters. The lowest BCUT2D eigenvalue weighted by Crippen LogP contribution is -2.45. The van der Waals surface area contributed by atoms with E-state index < -0.39 is 29.0 Å². The van der Waals surface area contributed by atoms with Crippen LogP contribution in [0.5, 0.6) is 0 Å². The zero-order chi connectivity index (χ0) is 13.7. The van der Waals surface area contributed by atoms with E-state index in [1.54, 1.807) is 20.8 Å². The van der Waals surface area contributed by atoms with Crippen molar-refractivity contribution >= 4 is 23.0 Å². The van der Waals surface area contributed by atoms with Gasteiger partial charge in [0.05, 0.1) is 19.3 Å². The first-order chi connectivity index (χ1) is 7.59. The topological polar surface area (TPSA) is 44.3 Å². The second-order valence-electron chi connectivity index (χ2n) is 3.82. The number of halogens is 1. The SMILES string of the molecule is [2H]C([2H])([2H])C(COCCCl)N[S+]([O-])C(C)(C)C. The van der Waals surface area contributed by atoms with Crippen LogP contribution in [0.2, 0.25) is 0 Å². The van der Waals surface area contributed by atoms with Crippen molar-refractivity contribution in [3.05, 3.63) is 0 Å². The smallest absolute Gasteiger partial charge is 0.136 e. The molecule has 0 aromatic carbocycles. The van der Waals surface area contributed by atoms with Gasteiger partial charge in [-0.3, -0.25) is 0 Å². The molecule has 0 radical (unpaired) electrons. The second kappa shape index (κ2) is 6.90. The Bertz CT molecular complexity index is 223. The van der Waals surface area contributed by atoms with Gasteiger partial charge < -0.3 is 9.29 Å². The molecular weight excluding hydrogens is 222 g/mol. The van der Waals surface area contributed by atoms with Gasteiger partial charge in [0.25, 0.3) is 0 Å². The fourth-order valence-corrected chi connectivity index (χ4v) is 1.38. The second-order valence-corrected chi connectivity index (χ2v) is 6.19. The Morgan fingerprint density at radius 3 is 2.71 bits per heavy atom. The van der Waals surface area contributed by atoms with E-state index in [9.17, 15) is 4.55 Å². The molecule has 0 bridgehead atoms. The Labute approximate surface area is 99.1 Å². The average Bonchev–Trinajstić information content (AvgIpc) is 2.13. The largest absolute Gasteiger partial charge is 0.598 e. The van der Waals surface area contributed by atoms with Gasteiger partial charge in [-0.1, -0.05) is 0 Å². The van der Waals surface area contributed by atoms with Gasteiger partial charge in [-0.15, -0.1) is 16.3 Å². The molecule has 0 heterocycles. The lowest BCUT2D eigenvalue weighted by atomic mass is 10.3. The summed E-state index contributed by atoms with van der Waals surface area (Å²) in [6, 6.07) is -0.953. The molecule has 0 rings (SSSR count). The Morgan fingerprint density at radius 1 is 1.64 bits per heavy atom. The van der Waals surface area contributed by atoms with Crippen LogP contribution < -0.4 is 4.72 Å². The highest BCUT2D eigenvalue weighted by atomic mass is 35.5. The Hall–Kier alpha value is 0.520. The molecular formula is C9H20ClNO2S. The predicted octanol–water partition coefficient (Wildman–Crippen LogP) is 1.68. The Kier molecular flexibility index (Phi) is 4.80. The molecule has 3 nitrogen and oxygen atoms in total. The highest BCUT2D eigenvalue weighted by Crippen LogP contribution is 2.13. The van der Waals surface area contributed by atoms with Crippen molar-refractivity contribution in [1.29, 1.82) is 0 Å². The van der Waals surface area contributed by atoms with Crippen molar-refractivity contribution in [2.75, 3.05) is 19.1 Å². The molecule has 0 amide bonds. The standard InChI is InChI=1S/C9H20ClNO2S/c1-8(7-13-6-5-10)11-14(12)9(2,3)4/h8,11H,5-7H2,1-4H3/i1D3. The van der Waals surface area contributed by atoms with E-state index in [1.807, 2.05) is 0 Å². The summed E-state index contributed by atoms with van der Waals surface area (Å²) in [6.45, 7) is 3.29. The maximum Gasteiger partial charge on any atom is 0.136 e. The van der Waals surface area contributed by atoms with E-state index in [-0.39, 0.29) is 13.2 Å². The van der Waals surface area contributed by atoms with Crippen LogP contribution in [0.4, 0.5) is 0 Å². The maximum absolute atomic E-state index is 11.8. The van der Waals surface area contributed by atoms with Crippen molar-refractivity contribution in [2.45, 2.75) is 38.4 Å². The minimum Gasteiger partial charge on any atom is -0.598 e. The van der Waals surface area contributed by atoms with Crippen molar-refractivity contribution in [1.82, 2.24) is 4.72 Å². The predicted molar refractivity (Wildman–Crippen MR) is 62.0 cm³/mol. The third kappa shape index (κ3) is 6.90. The average molecular weight is 245 g/mol. The Morgan fingerprint density at radius 2 is 2.29 bits per heavy atom. The van der Waals surface area contributed by atoms with Crippen molar-refractivity contribution in [2.24, 2.45) is 0 Å². The number of alkyl halides is 1. The van der Waals surface area contributed by atoms with Gasteiger partial charge in [0.2, 0.25) is 0 Å². The van der Waals surface area contributed by atoms with Crippen LogP contribution in [0.3, 0.4) is 0 Å². The summed E-state index contributed by atoms with van der Waals surface area (Å²) in [5, 5.41) is 0. The van der Waals surface area contributed by atoms with Crippen LogP contribution in [0.1, 0.15) is 31.7 Å². The van der Waals surface area contributed by atoms with Gasteiger partial charge in [0, 0.05) is 21.4 Å². The molecule has 0 saturated heterocycles. The highest BCUT2D eigenvalue weighted by Gasteiger charge is 2.27. The van der Waals surface area contributed by atoms with Crippen molar-refractivity contribution < 1.29 is 13.4 Å². The summed E-state index contributed by atoms with van der Waals surface area (Å²) in [6.07, 6.45) is 0. The van der Waals surface area contributed by atoms with Crippen LogP contribution in [0.15, 0.2) is 0 Å².